The van der Waals surface area contributed by atoms with E-state index in [1.165, 1.54) is 0 Å². The van der Waals surface area contributed by atoms with Gasteiger partial charge < -0.3 is 15.2 Å². The molecule has 0 saturated heterocycles. The normalized spacial score (nSPS) is 11.5. The molecule has 0 saturated carbocycles. The van der Waals surface area contributed by atoms with E-state index in [2.05, 4.69) is 30.8 Å². The second kappa shape index (κ2) is 8.76. The summed E-state index contributed by atoms with van der Waals surface area (Å²) in [6.45, 7) is 3.41. The van der Waals surface area contributed by atoms with Gasteiger partial charge in [0.1, 0.15) is 0 Å². The molecule has 0 aliphatic rings. The average Bonchev–Trinajstić information content (AvgIpc) is 2.96. The van der Waals surface area contributed by atoms with Crippen LogP contribution in [0.4, 0.5) is 0 Å². The highest BCUT2D eigenvalue weighted by molar-refractivity contribution is 5.79. The van der Waals surface area contributed by atoms with Crippen LogP contribution in [0.3, 0.4) is 0 Å². The average molecular weight is 302 g/mol. The number of guanidine groups is 1. The van der Waals surface area contributed by atoms with Crippen LogP contribution in [0.2, 0.25) is 0 Å². The second-order valence-electron chi connectivity index (χ2n) is 4.84. The molecule has 0 fully saturated rings. The molecule has 0 bridgehead atoms. The maximum absolute atomic E-state index is 5.07. The first-order chi connectivity index (χ1) is 10.8. The predicted octanol–water partition coefficient (Wildman–Crippen LogP) is 1.11. The summed E-state index contributed by atoms with van der Waals surface area (Å²) in [6.07, 6.45) is 4.34. The Morgan fingerprint density at radius 1 is 1.23 bits per heavy atom. The summed E-state index contributed by atoms with van der Waals surface area (Å²) in [4.78, 5) is 12.7. The highest BCUT2D eigenvalue weighted by atomic mass is 16.5. The maximum Gasteiger partial charge on any atom is 0.226 e. The zero-order chi connectivity index (χ0) is 15.6. The van der Waals surface area contributed by atoms with E-state index in [1.54, 1.807) is 7.05 Å². The number of pyridine rings is 1. The van der Waals surface area contributed by atoms with Crippen LogP contribution >= 0.6 is 0 Å². The lowest BCUT2D eigenvalue weighted by Crippen LogP contribution is -2.38. The Morgan fingerprint density at radius 2 is 2.09 bits per heavy atom. The van der Waals surface area contributed by atoms with Gasteiger partial charge in [-0.3, -0.25) is 9.98 Å². The molecular weight excluding hydrogens is 280 g/mol. The van der Waals surface area contributed by atoms with Crippen molar-refractivity contribution >= 4 is 5.96 Å². The number of nitrogens with one attached hydrogen (secondary N) is 2. The van der Waals surface area contributed by atoms with E-state index in [0.29, 0.717) is 11.7 Å². The number of hydrogen-bond donors (Lipinski definition) is 2. The molecular formula is C15H22N6O. The molecule has 0 atom stereocenters. The van der Waals surface area contributed by atoms with Gasteiger partial charge in [-0.1, -0.05) is 11.2 Å². The smallest absolute Gasteiger partial charge is 0.226 e. The van der Waals surface area contributed by atoms with E-state index >= 15 is 0 Å². The lowest BCUT2D eigenvalue weighted by Gasteiger charge is -2.11. The van der Waals surface area contributed by atoms with Crippen LogP contribution in [0.25, 0.3) is 0 Å². The molecule has 2 aromatic heterocycles. The molecule has 0 aromatic carbocycles. The maximum atomic E-state index is 5.07. The summed E-state index contributed by atoms with van der Waals surface area (Å²) in [5, 5.41) is 10.3. The van der Waals surface area contributed by atoms with Crippen LogP contribution in [0.15, 0.2) is 33.9 Å². The summed E-state index contributed by atoms with van der Waals surface area (Å²) in [5.41, 5.74) is 1.07. The Kier molecular flexibility index (Phi) is 6.35. The van der Waals surface area contributed by atoms with E-state index in [4.69, 9.17) is 4.52 Å². The number of nitrogens with zero attached hydrogens (tertiary/aromatic N) is 4. The highest BCUT2D eigenvalue weighted by Crippen LogP contribution is 1.99. The van der Waals surface area contributed by atoms with Gasteiger partial charge in [-0.15, -0.1) is 0 Å². The molecule has 0 unspecified atom stereocenters. The Labute approximate surface area is 130 Å². The van der Waals surface area contributed by atoms with Crippen LogP contribution in [-0.2, 0) is 12.8 Å². The zero-order valence-corrected chi connectivity index (χ0v) is 13.0. The van der Waals surface area contributed by atoms with Crippen molar-refractivity contribution in [2.45, 2.75) is 26.2 Å². The fourth-order valence-electron chi connectivity index (χ4n) is 1.96. The largest absolute Gasteiger partial charge is 0.356 e. The van der Waals surface area contributed by atoms with Crippen molar-refractivity contribution in [3.05, 3.63) is 41.8 Å². The first-order valence-electron chi connectivity index (χ1n) is 7.41. The summed E-state index contributed by atoms with van der Waals surface area (Å²) >= 11 is 0. The molecule has 0 radical (unpaired) electrons. The molecule has 0 spiro atoms. The van der Waals surface area contributed by atoms with Crippen molar-refractivity contribution in [3.63, 3.8) is 0 Å². The van der Waals surface area contributed by atoms with Gasteiger partial charge in [0.15, 0.2) is 11.8 Å². The second-order valence-corrected chi connectivity index (χ2v) is 4.84. The molecule has 118 valence electrons. The fourth-order valence-corrected chi connectivity index (χ4v) is 1.96. The minimum Gasteiger partial charge on any atom is -0.356 e. The molecule has 7 nitrogen and oxygen atoms in total. The summed E-state index contributed by atoms with van der Waals surface area (Å²) in [6, 6.07) is 5.93. The first kappa shape index (κ1) is 15.9. The fraction of sp³-hybridized carbons (Fsp3) is 0.467. The van der Waals surface area contributed by atoms with Crippen molar-refractivity contribution in [1.29, 1.82) is 0 Å². The van der Waals surface area contributed by atoms with E-state index in [1.807, 2.05) is 31.3 Å². The molecule has 2 N–H and O–H groups in total. The van der Waals surface area contributed by atoms with Crippen molar-refractivity contribution < 1.29 is 4.52 Å². The van der Waals surface area contributed by atoms with E-state index in [0.717, 1.165) is 44.0 Å². The molecule has 0 amide bonds. The van der Waals surface area contributed by atoms with Gasteiger partial charge in [0, 0.05) is 44.9 Å². The third kappa shape index (κ3) is 5.51. The minimum absolute atomic E-state index is 0.676. The molecule has 7 heteroatoms. The molecule has 0 aliphatic carbocycles. The molecule has 2 rings (SSSR count). The quantitative estimate of drug-likeness (QED) is 0.452. The lowest BCUT2D eigenvalue weighted by molar-refractivity contribution is 0.372. The number of hydrogen-bond acceptors (Lipinski definition) is 5. The number of aliphatic imine (C=N–C) groups is 1. The topological polar surface area (TPSA) is 88.2 Å². The summed E-state index contributed by atoms with van der Waals surface area (Å²) in [7, 11) is 1.76. The Hall–Kier alpha value is -2.44. The van der Waals surface area contributed by atoms with Crippen molar-refractivity contribution in [3.8, 4) is 0 Å². The first-order valence-corrected chi connectivity index (χ1v) is 7.41. The zero-order valence-electron chi connectivity index (χ0n) is 13.0. The standard InChI is InChI=1S/C15H22N6O/c1-12-20-14(22-21-12)7-5-10-18-15(16-2)19-11-8-13-6-3-4-9-17-13/h3-4,6,9H,5,7-8,10-11H2,1-2H3,(H2,16,18,19). The van der Waals surface area contributed by atoms with Crippen LogP contribution < -0.4 is 10.6 Å². The van der Waals surface area contributed by atoms with Crippen LogP contribution in [0, 0.1) is 6.92 Å². The van der Waals surface area contributed by atoms with Gasteiger partial charge >= 0.3 is 0 Å². The van der Waals surface area contributed by atoms with Gasteiger partial charge in [-0.25, -0.2) is 0 Å². The van der Waals surface area contributed by atoms with Crippen LogP contribution in [-0.4, -0.2) is 41.2 Å². The van der Waals surface area contributed by atoms with E-state index < -0.39 is 0 Å². The molecule has 2 heterocycles. The van der Waals surface area contributed by atoms with Gasteiger partial charge in [0.2, 0.25) is 5.89 Å². The van der Waals surface area contributed by atoms with Crippen molar-refractivity contribution in [2.24, 2.45) is 4.99 Å². The third-order valence-corrected chi connectivity index (χ3v) is 3.05. The SMILES string of the molecule is CN=C(NCCCc1nc(C)no1)NCCc1ccccn1. The summed E-state index contributed by atoms with van der Waals surface area (Å²) in [5.74, 6) is 2.14. The number of aromatic nitrogens is 3. The molecule has 2 aromatic rings. The monoisotopic (exact) mass is 302 g/mol. The Morgan fingerprint density at radius 3 is 2.77 bits per heavy atom. The summed E-state index contributed by atoms with van der Waals surface area (Å²) < 4.78 is 5.07. The predicted molar refractivity (Wildman–Crippen MR) is 84.7 cm³/mol. The van der Waals surface area contributed by atoms with Gasteiger partial charge in [0.25, 0.3) is 0 Å². The van der Waals surface area contributed by atoms with E-state index in [9.17, 15) is 0 Å². The lowest BCUT2D eigenvalue weighted by atomic mass is 10.3. The van der Waals surface area contributed by atoms with Gasteiger partial charge in [0.05, 0.1) is 0 Å². The van der Waals surface area contributed by atoms with E-state index in [-0.39, 0.29) is 0 Å². The number of rotatable bonds is 7. The molecule has 0 aliphatic heterocycles. The third-order valence-electron chi connectivity index (χ3n) is 3.05. The highest BCUT2D eigenvalue weighted by Gasteiger charge is 2.03. The van der Waals surface area contributed by atoms with Crippen molar-refractivity contribution in [2.75, 3.05) is 20.1 Å². The Balaban J connectivity index is 1.61. The minimum atomic E-state index is 0.676. The molecule has 22 heavy (non-hydrogen) atoms. The van der Waals surface area contributed by atoms with Gasteiger partial charge in [-0.2, -0.15) is 4.98 Å². The number of aryl methyl sites for hydroxylation is 2. The van der Waals surface area contributed by atoms with Crippen LogP contribution in [0.1, 0.15) is 23.8 Å². The van der Waals surface area contributed by atoms with Crippen LogP contribution in [0.5, 0.6) is 0 Å². The Bertz CT molecular complexity index is 581. The van der Waals surface area contributed by atoms with Crippen molar-refractivity contribution in [1.82, 2.24) is 25.8 Å². The van der Waals surface area contributed by atoms with Gasteiger partial charge in [-0.05, 0) is 25.5 Å².